The van der Waals surface area contributed by atoms with E-state index < -0.39 is 4.92 Å². The highest BCUT2D eigenvalue weighted by Crippen LogP contribution is 2.30. The molecule has 1 unspecified atom stereocenters. The normalized spacial score (nSPS) is 12.5. The molecule has 0 spiro atoms. The number of phenolic OH excluding ortho intramolecular Hbond substituents is 1. The number of benzene rings is 3. The van der Waals surface area contributed by atoms with Crippen LogP contribution in [0.3, 0.4) is 0 Å². The Kier molecular flexibility index (Phi) is 5.73. The molecule has 0 aliphatic rings. The predicted octanol–water partition coefficient (Wildman–Crippen LogP) is 6.68. The summed E-state index contributed by atoms with van der Waals surface area (Å²) in [6.07, 6.45) is 2.47. The lowest BCUT2D eigenvalue weighted by Crippen LogP contribution is -1.93. The van der Waals surface area contributed by atoms with Gasteiger partial charge in [0.05, 0.1) is 10.6 Å². The van der Waals surface area contributed by atoms with Gasteiger partial charge in [0.2, 0.25) is 5.89 Å². The summed E-state index contributed by atoms with van der Waals surface area (Å²) in [7, 11) is 0. The van der Waals surface area contributed by atoms with E-state index in [1.165, 1.54) is 23.9 Å². The van der Waals surface area contributed by atoms with E-state index in [9.17, 15) is 15.2 Å². The van der Waals surface area contributed by atoms with Gasteiger partial charge >= 0.3 is 0 Å². The lowest BCUT2D eigenvalue weighted by Gasteiger charge is -2.07. The van der Waals surface area contributed by atoms with Gasteiger partial charge in [0.25, 0.3) is 5.69 Å². The first-order chi connectivity index (χ1) is 15.4. The second-order valence-electron chi connectivity index (χ2n) is 7.82. The van der Waals surface area contributed by atoms with Crippen LogP contribution in [-0.2, 0) is 0 Å². The van der Waals surface area contributed by atoms with Gasteiger partial charge in [0, 0.05) is 29.5 Å². The van der Waals surface area contributed by atoms with Crippen molar-refractivity contribution in [1.82, 2.24) is 4.98 Å². The van der Waals surface area contributed by atoms with Gasteiger partial charge in [-0.1, -0.05) is 26.0 Å². The molecule has 0 aliphatic heterocycles. The molecule has 0 fully saturated rings. The van der Waals surface area contributed by atoms with E-state index in [1.807, 2.05) is 24.3 Å². The third-order valence-corrected chi connectivity index (χ3v) is 5.56. The lowest BCUT2D eigenvalue weighted by atomic mass is 9.98. The fraction of sp³-hybridized carbons (Fsp3) is 0.200. The first-order valence-corrected chi connectivity index (χ1v) is 10.4. The molecule has 1 atom stereocenters. The summed E-state index contributed by atoms with van der Waals surface area (Å²) < 4.78 is 5.94. The number of aryl methyl sites for hydroxylation is 1. The van der Waals surface area contributed by atoms with Crippen molar-refractivity contribution in [1.29, 1.82) is 0 Å². The third kappa shape index (κ3) is 4.23. The Balaban J connectivity index is 1.65. The Bertz CT molecular complexity index is 1340. The summed E-state index contributed by atoms with van der Waals surface area (Å²) >= 11 is 0. The number of fused-ring (bicyclic) bond motifs is 1. The number of hydrogen-bond donors (Lipinski definition) is 1. The highest BCUT2D eigenvalue weighted by molar-refractivity contribution is 5.87. The molecule has 162 valence electrons. The number of phenols is 1. The highest BCUT2D eigenvalue weighted by Gasteiger charge is 2.13. The van der Waals surface area contributed by atoms with Crippen LogP contribution in [0, 0.1) is 17.0 Å². The van der Waals surface area contributed by atoms with E-state index in [1.54, 1.807) is 13.0 Å². The molecule has 1 heterocycles. The largest absolute Gasteiger partial charge is 0.507 e. The summed E-state index contributed by atoms with van der Waals surface area (Å²) in [6, 6.07) is 16.0. The van der Waals surface area contributed by atoms with Crippen molar-refractivity contribution in [2.45, 2.75) is 33.1 Å². The Morgan fingerprint density at radius 3 is 2.78 bits per heavy atom. The van der Waals surface area contributed by atoms with E-state index in [-0.39, 0.29) is 17.0 Å². The molecule has 1 aromatic heterocycles. The molecule has 1 N–H and O–H groups in total. The standard InChI is InChI=1S/C25H23N3O4/c1-4-15(2)17-8-9-23-22(13-17)27-25(32-23)18-6-5-7-20(11-18)26-14-19-12-21(28(30)31)10-16(3)24(19)29/h5-15,29H,4H2,1-3H3. The number of oxazole rings is 1. The highest BCUT2D eigenvalue weighted by atomic mass is 16.6. The topological polar surface area (TPSA) is 102 Å². The summed E-state index contributed by atoms with van der Waals surface area (Å²) in [5.41, 5.74) is 4.72. The van der Waals surface area contributed by atoms with Crippen LogP contribution in [0.4, 0.5) is 11.4 Å². The van der Waals surface area contributed by atoms with Gasteiger partial charge < -0.3 is 9.52 Å². The minimum Gasteiger partial charge on any atom is -0.507 e. The van der Waals surface area contributed by atoms with Gasteiger partial charge in [-0.15, -0.1) is 0 Å². The number of aliphatic imine (C=N–C) groups is 1. The molecule has 32 heavy (non-hydrogen) atoms. The Morgan fingerprint density at radius 2 is 2.03 bits per heavy atom. The summed E-state index contributed by atoms with van der Waals surface area (Å²) in [6.45, 7) is 5.95. The number of non-ortho nitro benzene ring substituents is 1. The average Bonchev–Trinajstić information content (AvgIpc) is 3.23. The minimum absolute atomic E-state index is 0.0356. The van der Waals surface area contributed by atoms with Gasteiger partial charge in [-0.2, -0.15) is 0 Å². The number of nitro groups is 1. The second-order valence-corrected chi connectivity index (χ2v) is 7.82. The number of aromatic nitrogens is 1. The monoisotopic (exact) mass is 429 g/mol. The van der Waals surface area contributed by atoms with Gasteiger partial charge in [0.1, 0.15) is 11.3 Å². The average molecular weight is 429 g/mol. The van der Waals surface area contributed by atoms with Gasteiger partial charge in [-0.25, -0.2) is 4.98 Å². The van der Waals surface area contributed by atoms with Crippen molar-refractivity contribution < 1.29 is 14.4 Å². The Morgan fingerprint density at radius 1 is 1.22 bits per heavy atom. The van der Waals surface area contributed by atoms with Crippen molar-refractivity contribution in [2.24, 2.45) is 4.99 Å². The molecule has 0 aliphatic carbocycles. The number of nitrogens with zero attached hydrogens (tertiary/aromatic N) is 3. The maximum atomic E-state index is 11.1. The lowest BCUT2D eigenvalue weighted by molar-refractivity contribution is -0.384. The van der Waals surface area contributed by atoms with E-state index in [0.29, 0.717) is 23.1 Å². The van der Waals surface area contributed by atoms with Gasteiger partial charge in [-0.05, 0) is 60.7 Å². The van der Waals surface area contributed by atoms with Crippen LogP contribution in [0.2, 0.25) is 0 Å². The molecule has 0 amide bonds. The van der Waals surface area contributed by atoms with Crippen LogP contribution in [0.5, 0.6) is 5.75 Å². The van der Waals surface area contributed by atoms with Crippen molar-refractivity contribution in [3.8, 4) is 17.2 Å². The maximum absolute atomic E-state index is 11.1. The zero-order valence-electron chi connectivity index (χ0n) is 18.1. The second kappa shape index (κ2) is 8.63. The van der Waals surface area contributed by atoms with Crippen LogP contribution in [0.15, 0.2) is 64.0 Å². The molecule has 0 bridgehead atoms. The van der Waals surface area contributed by atoms with Crippen molar-refractivity contribution in [2.75, 3.05) is 0 Å². The molecule has 4 rings (SSSR count). The van der Waals surface area contributed by atoms with E-state index in [0.717, 1.165) is 23.1 Å². The molecule has 7 heteroatoms. The van der Waals surface area contributed by atoms with E-state index in [2.05, 4.69) is 36.0 Å². The molecule has 3 aromatic carbocycles. The molecule has 0 radical (unpaired) electrons. The number of rotatable bonds is 6. The zero-order chi connectivity index (χ0) is 22.8. The van der Waals surface area contributed by atoms with Crippen molar-refractivity contribution >= 4 is 28.7 Å². The number of hydrogen-bond acceptors (Lipinski definition) is 6. The van der Waals surface area contributed by atoms with Crippen LogP contribution < -0.4 is 0 Å². The number of aromatic hydroxyl groups is 1. The fourth-order valence-corrected chi connectivity index (χ4v) is 3.46. The SMILES string of the molecule is CCC(C)c1ccc2oc(-c3cccc(N=Cc4cc([N+](=O)[O-])cc(C)c4O)c3)nc2c1. The molecule has 0 saturated carbocycles. The molecule has 0 saturated heterocycles. The molecular formula is C25H23N3O4. The van der Waals surface area contributed by atoms with Crippen molar-refractivity contribution in [3.05, 3.63) is 81.4 Å². The smallest absolute Gasteiger partial charge is 0.270 e. The van der Waals surface area contributed by atoms with Crippen LogP contribution in [-0.4, -0.2) is 21.2 Å². The van der Waals surface area contributed by atoms with E-state index in [4.69, 9.17) is 4.42 Å². The molecular weight excluding hydrogens is 406 g/mol. The first kappa shape index (κ1) is 21.2. The number of nitro benzene ring substituents is 1. The van der Waals surface area contributed by atoms with Crippen LogP contribution >= 0.6 is 0 Å². The summed E-state index contributed by atoms with van der Waals surface area (Å²) in [5, 5.41) is 21.3. The predicted molar refractivity (Wildman–Crippen MR) is 125 cm³/mol. The zero-order valence-corrected chi connectivity index (χ0v) is 18.1. The molecule has 7 nitrogen and oxygen atoms in total. The van der Waals surface area contributed by atoms with Gasteiger partial charge in [-0.3, -0.25) is 15.1 Å². The minimum atomic E-state index is -0.496. The Hall–Kier alpha value is -4.00. The Labute approximate surface area is 185 Å². The third-order valence-electron chi connectivity index (χ3n) is 5.56. The van der Waals surface area contributed by atoms with E-state index >= 15 is 0 Å². The maximum Gasteiger partial charge on any atom is 0.270 e. The summed E-state index contributed by atoms with van der Waals surface area (Å²) in [4.78, 5) is 19.6. The summed E-state index contributed by atoms with van der Waals surface area (Å²) in [5.74, 6) is 0.907. The quantitative estimate of drug-likeness (QED) is 0.209. The van der Waals surface area contributed by atoms with Gasteiger partial charge in [0.15, 0.2) is 5.58 Å². The van der Waals surface area contributed by atoms with Crippen LogP contribution in [0.25, 0.3) is 22.6 Å². The van der Waals surface area contributed by atoms with Crippen molar-refractivity contribution in [3.63, 3.8) is 0 Å². The fourth-order valence-electron chi connectivity index (χ4n) is 3.46. The molecule has 4 aromatic rings. The first-order valence-electron chi connectivity index (χ1n) is 10.4. The van der Waals surface area contributed by atoms with Crippen LogP contribution in [0.1, 0.15) is 42.9 Å².